The second-order valence-electron chi connectivity index (χ2n) is 6.96. The van der Waals surface area contributed by atoms with Gasteiger partial charge in [0.1, 0.15) is 5.76 Å². The average Bonchev–Trinajstić information content (AvgIpc) is 2.60. The van der Waals surface area contributed by atoms with Crippen LogP contribution in [0.3, 0.4) is 0 Å². The number of nitrogens with one attached hydrogen (secondary N) is 1. The van der Waals surface area contributed by atoms with Crippen molar-refractivity contribution in [3.63, 3.8) is 0 Å². The summed E-state index contributed by atoms with van der Waals surface area (Å²) in [5.41, 5.74) is 0.687. The topological polar surface area (TPSA) is 41.5 Å². The number of ether oxygens (including phenoxy) is 1. The van der Waals surface area contributed by atoms with Gasteiger partial charge in [-0.2, -0.15) is 13.2 Å². The lowest BCUT2D eigenvalue weighted by Crippen LogP contribution is -2.45. The van der Waals surface area contributed by atoms with Crippen LogP contribution in [-0.4, -0.2) is 17.8 Å². The molecule has 0 saturated carbocycles. The first-order chi connectivity index (χ1) is 11.9. The number of aliphatic hydroxyl groups is 1. The quantitative estimate of drug-likeness (QED) is 0.749. The van der Waals surface area contributed by atoms with E-state index in [1.165, 1.54) is 12.1 Å². The summed E-state index contributed by atoms with van der Waals surface area (Å²) in [6.45, 7) is 0.574. The molecule has 4 rings (SSSR count). The Morgan fingerprint density at radius 3 is 2.80 bits per heavy atom. The van der Waals surface area contributed by atoms with Crippen LogP contribution in [0.5, 0.6) is 0 Å². The number of rotatable bonds is 1. The fraction of sp³-hybridized carbons (Fsp3) is 0.474. The van der Waals surface area contributed by atoms with Gasteiger partial charge in [0, 0.05) is 35.7 Å². The molecule has 1 aliphatic carbocycles. The predicted molar refractivity (Wildman–Crippen MR) is 88.2 cm³/mol. The van der Waals surface area contributed by atoms with E-state index >= 15 is 0 Å². The lowest BCUT2D eigenvalue weighted by Gasteiger charge is -2.46. The summed E-state index contributed by atoms with van der Waals surface area (Å²) in [6, 6.07) is 3.94. The largest absolute Gasteiger partial charge is 0.508 e. The molecule has 0 bridgehead atoms. The molecule has 2 aliphatic heterocycles. The molecular formula is C19H20F3NO2. The minimum Gasteiger partial charge on any atom is -0.508 e. The fourth-order valence-electron chi connectivity index (χ4n) is 4.20. The van der Waals surface area contributed by atoms with Crippen molar-refractivity contribution in [2.24, 2.45) is 11.8 Å². The number of alkyl halides is 3. The standard InChI is InChI=1S/C19H20F3NO2/c20-19(21,22)12-5-8-16-15(10-12)18-14(2-1-9-25-18)17(23-16)11-3-6-13(24)7-4-11/h3,5-8,10-11,14,17-18,23-24H,1-2,4,9H2/t11?,14-,17-,18-/m0/s1. The first-order valence-electron chi connectivity index (χ1n) is 8.60. The van der Waals surface area contributed by atoms with Crippen molar-refractivity contribution >= 4 is 5.69 Å². The Hall–Kier alpha value is -1.95. The van der Waals surface area contributed by atoms with Gasteiger partial charge in [-0.1, -0.05) is 6.08 Å². The summed E-state index contributed by atoms with van der Waals surface area (Å²) in [4.78, 5) is 0. The maximum absolute atomic E-state index is 13.1. The summed E-state index contributed by atoms with van der Waals surface area (Å²) in [5, 5.41) is 13.0. The van der Waals surface area contributed by atoms with Crippen molar-refractivity contribution < 1.29 is 23.0 Å². The first kappa shape index (κ1) is 16.5. The number of fused-ring (bicyclic) bond motifs is 3. The summed E-state index contributed by atoms with van der Waals surface area (Å²) in [7, 11) is 0. The normalized spacial score (nSPS) is 31.6. The fourth-order valence-corrected chi connectivity index (χ4v) is 4.20. The molecule has 25 heavy (non-hydrogen) atoms. The molecule has 1 aromatic carbocycles. The molecule has 1 fully saturated rings. The van der Waals surface area contributed by atoms with Gasteiger partial charge in [0.05, 0.1) is 11.7 Å². The average molecular weight is 351 g/mol. The van der Waals surface area contributed by atoms with E-state index in [0.29, 0.717) is 24.3 Å². The molecule has 1 saturated heterocycles. The van der Waals surface area contributed by atoms with Crippen molar-refractivity contribution in [2.75, 3.05) is 11.9 Å². The van der Waals surface area contributed by atoms with E-state index in [4.69, 9.17) is 4.74 Å². The molecule has 1 aromatic rings. The molecule has 6 heteroatoms. The molecule has 1 unspecified atom stereocenters. The Kier molecular flexibility index (Phi) is 4.02. The zero-order valence-corrected chi connectivity index (χ0v) is 13.6. The smallest absolute Gasteiger partial charge is 0.416 e. The van der Waals surface area contributed by atoms with Crippen molar-refractivity contribution in [3.05, 3.63) is 53.3 Å². The maximum Gasteiger partial charge on any atom is 0.416 e. The van der Waals surface area contributed by atoms with Crippen LogP contribution in [0.4, 0.5) is 18.9 Å². The molecule has 2 heterocycles. The van der Waals surface area contributed by atoms with Gasteiger partial charge < -0.3 is 15.2 Å². The highest BCUT2D eigenvalue weighted by Crippen LogP contribution is 2.48. The molecule has 134 valence electrons. The van der Waals surface area contributed by atoms with E-state index < -0.39 is 11.7 Å². The van der Waals surface area contributed by atoms with E-state index in [9.17, 15) is 18.3 Å². The Labute approximate surface area is 144 Å². The van der Waals surface area contributed by atoms with Crippen molar-refractivity contribution in [2.45, 2.75) is 37.6 Å². The van der Waals surface area contributed by atoms with Crippen LogP contribution in [0.25, 0.3) is 0 Å². The van der Waals surface area contributed by atoms with Crippen LogP contribution in [0.15, 0.2) is 42.2 Å². The highest BCUT2D eigenvalue weighted by molar-refractivity contribution is 5.58. The SMILES string of the molecule is OC1=CCC([C@@H]2Nc3ccc(C(F)(F)F)cc3[C@H]3OCCC[C@H]32)C=C1. The van der Waals surface area contributed by atoms with Gasteiger partial charge in [0.15, 0.2) is 0 Å². The highest BCUT2D eigenvalue weighted by Gasteiger charge is 2.43. The van der Waals surface area contributed by atoms with Crippen LogP contribution in [0, 0.1) is 11.8 Å². The van der Waals surface area contributed by atoms with Gasteiger partial charge in [-0.25, -0.2) is 0 Å². The molecule has 2 N–H and O–H groups in total. The summed E-state index contributed by atoms with van der Waals surface area (Å²) in [5.74, 6) is 0.562. The number of hydrogen-bond acceptors (Lipinski definition) is 3. The number of hydrogen-bond donors (Lipinski definition) is 2. The van der Waals surface area contributed by atoms with E-state index in [1.54, 1.807) is 12.2 Å². The second kappa shape index (κ2) is 6.09. The van der Waals surface area contributed by atoms with Crippen LogP contribution in [-0.2, 0) is 10.9 Å². The minimum atomic E-state index is -4.36. The van der Waals surface area contributed by atoms with Gasteiger partial charge in [-0.05, 0) is 49.6 Å². The number of anilines is 1. The number of benzene rings is 1. The van der Waals surface area contributed by atoms with E-state index in [-0.39, 0.29) is 29.7 Å². The summed E-state index contributed by atoms with van der Waals surface area (Å²) in [6.07, 6.45) is 3.32. The lowest BCUT2D eigenvalue weighted by molar-refractivity contribution is -0.137. The van der Waals surface area contributed by atoms with E-state index in [2.05, 4.69) is 5.32 Å². The molecule has 0 radical (unpaired) electrons. The monoisotopic (exact) mass is 351 g/mol. The highest BCUT2D eigenvalue weighted by atomic mass is 19.4. The molecule has 3 nitrogen and oxygen atoms in total. The maximum atomic E-state index is 13.1. The summed E-state index contributed by atoms with van der Waals surface area (Å²) < 4.78 is 45.2. The molecular weight excluding hydrogens is 331 g/mol. The van der Waals surface area contributed by atoms with Crippen molar-refractivity contribution in [1.82, 2.24) is 0 Å². The van der Waals surface area contributed by atoms with Crippen LogP contribution in [0.1, 0.15) is 36.5 Å². The van der Waals surface area contributed by atoms with Crippen molar-refractivity contribution in [1.29, 1.82) is 0 Å². The zero-order chi connectivity index (χ0) is 17.6. The molecule has 0 spiro atoms. The third-order valence-corrected chi connectivity index (χ3v) is 5.41. The Morgan fingerprint density at radius 1 is 1.24 bits per heavy atom. The Balaban J connectivity index is 1.69. The second-order valence-corrected chi connectivity index (χ2v) is 6.96. The zero-order valence-electron chi connectivity index (χ0n) is 13.6. The predicted octanol–water partition coefficient (Wildman–Crippen LogP) is 4.99. The van der Waals surface area contributed by atoms with Gasteiger partial charge >= 0.3 is 6.18 Å². The first-order valence-corrected chi connectivity index (χ1v) is 8.60. The van der Waals surface area contributed by atoms with E-state index in [0.717, 1.165) is 18.9 Å². The van der Waals surface area contributed by atoms with Gasteiger partial charge in [-0.15, -0.1) is 0 Å². The number of halogens is 3. The van der Waals surface area contributed by atoms with Gasteiger partial charge in [-0.3, -0.25) is 0 Å². The van der Waals surface area contributed by atoms with Gasteiger partial charge in [0.2, 0.25) is 0 Å². The molecule has 0 amide bonds. The van der Waals surface area contributed by atoms with Crippen LogP contribution >= 0.6 is 0 Å². The molecule has 3 aliphatic rings. The van der Waals surface area contributed by atoms with Crippen LogP contribution in [0.2, 0.25) is 0 Å². The van der Waals surface area contributed by atoms with Crippen LogP contribution < -0.4 is 5.32 Å². The molecule has 4 atom stereocenters. The van der Waals surface area contributed by atoms with Crippen molar-refractivity contribution in [3.8, 4) is 0 Å². The molecule has 0 aromatic heterocycles. The number of allylic oxidation sites excluding steroid dienone is 2. The summed E-state index contributed by atoms with van der Waals surface area (Å²) >= 11 is 0. The van der Waals surface area contributed by atoms with Gasteiger partial charge in [0.25, 0.3) is 0 Å². The lowest BCUT2D eigenvalue weighted by atomic mass is 9.73. The van der Waals surface area contributed by atoms with E-state index in [1.807, 2.05) is 6.08 Å². The number of aliphatic hydroxyl groups excluding tert-OH is 1. The minimum absolute atomic E-state index is 0.0788. The third kappa shape index (κ3) is 3.03. The third-order valence-electron chi connectivity index (χ3n) is 5.41. The Bertz CT molecular complexity index is 726. The Morgan fingerprint density at radius 2 is 2.08 bits per heavy atom.